The van der Waals surface area contributed by atoms with Gasteiger partial charge >= 0.3 is 0 Å². The molecular formula is C13H13ClN4. The molecule has 0 amide bonds. The van der Waals surface area contributed by atoms with Crippen molar-refractivity contribution in [3.8, 4) is 0 Å². The molecule has 0 aliphatic carbocycles. The summed E-state index contributed by atoms with van der Waals surface area (Å²) in [7, 11) is 1.92. The second-order valence-corrected chi connectivity index (χ2v) is 4.29. The number of nitrogens with zero attached hydrogens (tertiary/aromatic N) is 2. The van der Waals surface area contributed by atoms with E-state index in [1.54, 1.807) is 12.3 Å². The number of nitrogens with two attached hydrogens (primary N) is 1. The first-order valence-corrected chi connectivity index (χ1v) is 5.75. The van der Waals surface area contributed by atoms with Crippen LogP contribution in [0.1, 0.15) is 5.56 Å². The number of benzene rings is 1. The summed E-state index contributed by atoms with van der Waals surface area (Å²) in [4.78, 5) is 6.17. The molecule has 0 atom stereocenters. The van der Waals surface area contributed by atoms with E-state index in [4.69, 9.17) is 22.7 Å². The van der Waals surface area contributed by atoms with Crippen LogP contribution < -0.4 is 10.6 Å². The summed E-state index contributed by atoms with van der Waals surface area (Å²) in [6, 6.07) is 11.1. The van der Waals surface area contributed by atoms with Crippen LogP contribution in [0.15, 0.2) is 42.6 Å². The highest BCUT2D eigenvalue weighted by atomic mass is 35.5. The topological polar surface area (TPSA) is 66.0 Å². The highest BCUT2D eigenvalue weighted by Crippen LogP contribution is 2.22. The van der Waals surface area contributed by atoms with Crippen LogP contribution in [0, 0.1) is 5.41 Å². The van der Waals surface area contributed by atoms with Crippen molar-refractivity contribution in [1.29, 1.82) is 5.41 Å². The van der Waals surface area contributed by atoms with Gasteiger partial charge in [-0.3, -0.25) is 5.41 Å². The molecule has 0 spiro atoms. The van der Waals surface area contributed by atoms with Crippen molar-refractivity contribution in [2.24, 2.45) is 5.73 Å². The minimum Gasteiger partial charge on any atom is -0.384 e. The summed E-state index contributed by atoms with van der Waals surface area (Å²) in [5.74, 6) is 0.865. The van der Waals surface area contributed by atoms with E-state index in [1.807, 2.05) is 42.3 Å². The summed E-state index contributed by atoms with van der Waals surface area (Å²) < 4.78 is 0. The molecule has 18 heavy (non-hydrogen) atoms. The zero-order chi connectivity index (χ0) is 13.1. The zero-order valence-electron chi connectivity index (χ0n) is 9.89. The van der Waals surface area contributed by atoms with Crippen LogP contribution in [0.5, 0.6) is 0 Å². The first kappa shape index (κ1) is 12.4. The molecule has 0 saturated heterocycles. The SMILES string of the molecule is CN(c1ccc(C(=N)N)cc1)c1ccc(Cl)cn1. The number of pyridine rings is 1. The maximum atomic E-state index is 7.34. The van der Waals surface area contributed by atoms with Crippen molar-refractivity contribution < 1.29 is 0 Å². The van der Waals surface area contributed by atoms with Gasteiger partial charge in [-0.25, -0.2) is 4.98 Å². The molecule has 3 N–H and O–H groups in total. The molecule has 0 aliphatic rings. The molecule has 4 nitrogen and oxygen atoms in total. The highest BCUT2D eigenvalue weighted by Gasteiger charge is 2.05. The van der Waals surface area contributed by atoms with Gasteiger partial charge in [-0.15, -0.1) is 0 Å². The molecule has 2 aromatic rings. The van der Waals surface area contributed by atoms with E-state index in [1.165, 1.54) is 0 Å². The van der Waals surface area contributed by atoms with Gasteiger partial charge in [0, 0.05) is 24.5 Å². The molecule has 1 aromatic carbocycles. The first-order valence-electron chi connectivity index (χ1n) is 5.37. The van der Waals surface area contributed by atoms with Gasteiger partial charge in [-0.05, 0) is 36.4 Å². The summed E-state index contributed by atoms with van der Waals surface area (Å²) >= 11 is 5.80. The van der Waals surface area contributed by atoms with Crippen LogP contribution in [0.4, 0.5) is 11.5 Å². The smallest absolute Gasteiger partial charge is 0.132 e. The van der Waals surface area contributed by atoms with Gasteiger partial charge in [0.2, 0.25) is 0 Å². The molecule has 92 valence electrons. The molecule has 1 heterocycles. The Morgan fingerprint density at radius 2 is 1.89 bits per heavy atom. The number of hydrogen-bond acceptors (Lipinski definition) is 3. The van der Waals surface area contributed by atoms with Gasteiger partial charge in [0.25, 0.3) is 0 Å². The van der Waals surface area contributed by atoms with E-state index in [0.29, 0.717) is 10.6 Å². The fraction of sp³-hybridized carbons (Fsp3) is 0.0769. The van der Waals surface area contributed by atoms with E-state index >= 15 is 0 Å². The number of aromatic nitrogens is 1. The molecule has 5 heteroatoms. The standard InChI is InChI=1S/C13H13ClN4/c1-18(12-7-4-10(14)8-17-12)11-5-2-9(3-6-11)13(15)16/h2-8H,1H3,(H3,15,16). The molecule has 0 bridgehead atoms. The van der Waals surface area contributed by atoms with E-state index in [9.17, 15) is 0 Å². The van der Waals surface area contributed by atoms with Crippen LogP contribution in [0.3, 0.4) is 0 Å². The number of amidine groups is 1. The van der Waals surface area contributed by atoms with Crippen LogP contribution in [-0.2, 0) is 0 Å². The molecule has 0 aliphatic heterocycles. The fourth-order valence-electron chi connectivity index (χ4n) is 1.56. The Kier molecular flexibility index (Phi) is 3.48. The van der Waals surface area contributed by atoms with E-state index < -0.39 is 0 Å². The number of rotatable bonds is 3. The van der Waals surface area contributed by atoms with E-state index in [0.717, 1.165) is 11.5 Å². The predicted molar refractivity (Wildman–Crippen MR) is 74.8 cm³/mol. The summed E-state index contributed by atoms with van der Waals surface area (Å²) in [6.07, 6.45) is 1.61. The highest BCUT2D eigenvalue weighted by molar-refractivity contribution is 6.30. The van der Waals surface area contributed by atoms with Crippen LogP contribution >= 0.6 is 11.6 Å². The van der Waals surface area contributed by atoms with Crippen molar-refractivity contribution in [2.75, 3.05) is 11.9 Å². The fourth-order valence-corrected chi connectivity index (χ4v) is 1.68. The average molecular weight is 261 g/mol. The molecule has 0 radical (unpaired) electrons. The molecule has 0 fully saturated rings. The Labute approximate surface area is 111 Å². The second kappa shape index (κ2) is 5.06. The Morgan fingerprint density at radius 1 is 1.22 bits per heavy atom. The molecule has 2 rings (SSSR count). The van der Waals surface area contributed by atoms with Gasteiger partial charge in [0.05, 0.1) is 5.02 Å². The zero-order valence-corrected chi connectivity index (χ0v) is 10.6. The van der Waals surface area contributed by atoms with Crippen molar-refractivity contribution in [1.82, 2.24) is 4.98 Å². The lowest BCUT2D eigenvalue weighted by Gasteiger charge is -2.18. The van der Waals surface area contributed by atoms with Gasteiger partial charge in [-0.1, -0.05) is 11.6 Å². The largest absolute Gasteiger partial charge is 0.384 e. The van der Waals surface area contributed by atoms with E-state index in [-0.39, 0.29) is 5.84 Å². The molecule has 0 saturated carbocycles. The molecule has 0 unspecified atom stereocenters. The number of nitrogens with one attached hydrogen (secondary N) is 1. The lowest BCUT2D eigenvalue weighted by molar-refractivity contribution is 1.13. The number of nitrogen functional groups attached to an aromatic ring is 1. The minimum atomic E-state index is 0.0637. The van der Waals surface area contributed by atoms with Gasteiger partial charge in [-0.2, -0.15) is 0 Å². The predicted octanol–water partition coefficient (Wildman–Crippen LogP) is 2.79. The Bertz CT molecular complexity index is 548. The van der Waals surface area contributed by atoms with Gasteiger partial charge in [0.1, 0.15) is 11.7 Å². The van der Waals surface area contributed by atoms with Crippen molar-refractivity contribution in [3.63, 3.8) is 0 Å². The maximum absolute atomic E-state index is 7.34. The summed E-state index contributed by atoms with van der Waals surface area (Å²) in [5, 5.41) is 7.95. The first-order chi connectivity index (χ1) is 8.58. The summed E-state index contributed by atoms with van der Waals surface area (Å²) in [6.45, 7) is 0. The maximum Gasteiger partial charge on any atom is 0.132 e. The Hall–Kier alpha value is -2.07. The monoisotopic (exact) mass is 260 g/mol. The third kappa shape index (κ3) is 2.60. The average Bonchev–Trinajstić information content (AvgIpc) is 2.39. The number of hydrogen-bond donors (Lipinski definition) is 2. The number of halogens is 1. The van der Waals surface area contributed by atoms with Crippen LogP contribution in [0.25, 0.3) is 0 Å². The lowest BCUT2D eigenvalue weighted by atomic mass is 10.2. The van der Waals surface area contributed by atoms with Crippen LogP contribution in [0.2, 0.25) is 5.02 Å². The lowest BCUT2D eigenvalue weighted by Crippen LogP contribution is -2.13. The van der Waals surface area contributed by atoms with Crippen molar-refractivity contribution >= 4 is 28.9 Å². The van der Waals surface area contributed by atoms with Crippen molar-refractivity contribution in [3.05, 3.63) is 53.2 Å². The van der Waals surface area contributed by atoms with Gasteiger partial charge < -0.3 is 10.6 Å². The summed E-state index contributed by atoms with van der Waals surface area (Å²) in [5.41, 5.74) is 7.08. The Balaban J connectivity index is 2.25. The third-order valence-electron chi connectivity index (χ3n) is 2.62. The number of anilines is 2. The Morgan fingerprint density at radius 3 is 2.39 bits per heavy atom. The molecule has 1 aromatic heterocycles. The normalized spacial score (nSPS) is 10.1. The van der Waals surface area contributed by atoms with Gasteiger partial charge in [0.15, 0.2) is 0 Å². The van der Waals surface area contributed by atoms with Crippen LogP contribution in [-0.4, -0.2) is 17.9 Å². The van der Waals surface area contributed by atoms with Crippen molar-refractivity contribution in [2.45, 2.75) is 0 Å². The minimum absolute atomic E-state index is 0.0637. The van der Waals surface area contributed by atoms with E-state index in [2.05, 4.69) is 4.98 Å². The molecular weight excluding hydrogens is 248 g/mol. The third-order valence-corrected chi connectivity index (χ3v) is 2.84. The second-order valence-electron chi connectivity index (χ2n) is 3.85. The quantitative estimate of drug-likeness (QED) is 0.659.